The van der Waals surface area contributed by atoms with E-state index in [2.05, 4.69) is 5.32 Å². The predicted molar refractivity (Wildman–Crippen MR) is 98.0 cm³/mol. The van der Waals surface area contributed by atoms with E-state index in [0.717, 1.165) is 12.1 Å². The van der Waals surface area contributed by atoms with E-state index < -0.39 is 23.2 Å². The van der Waals surface area contributed by atoms with Crippen molar-refractivity contribution < 1.29 is 27.5 Å². The van der Waals surface area contributed by atoms with Gasteiger partial charge in [0.1, 0.15) is 5.60 Å². The molecule has 2 amide bonds. The molecule has 1 aromatic carbocycles. The van der Waals surface area contributed by atoms with E-state index in [0.29, 0.717) is 32.7 Å². The number of hydrogen-bond donors (Lipinski definition) is 1. The van der Waals surface area contributed by atoms with Gasteiger partial charge in [-0.15, -0.1) is 0 Å². The molecule has 2 rings (SSSR count). The topological polar surface area (TPSA) is 61.9 Å². The van der Waals surface area contributed by atoms with Gasteiger partial charge in [0.25, 0.3) is 5.91 Å². The molecular formula is C19H26F3N3O3. The van der Waals surface area contributed by atoms with Crippen LogP contribution < -0.4 is 5.32 Å². The zero-order valence-corrected chi connectivity index (χ0v) is 16.3. The highest BCUT2D eigenvalue weighted by atomic mass is 19.4. The summed E-state index contributed by atoms with van der Waals surface area (Å²) in [4.78, 5) is 27.8. The van der Waals surface area contributed by atoms with Crippen LogP contribution in [-0.2, 0) is 10.9 Å². The summed E-state index contributed by atoms with van der Waals surface area (Å²) in [7, 11) is 0. The average Bonchev–Trinajstić information content (AvgIpc) is 2.60. The van der Waals surface area contributed by atoms with Gasteiger partial charge in [-0.05, 0) is 32.9 Å². The molecule has 0 aliphatic carbocycles. The lowest BCUT2D eigenvalue weighted by atomic mass is 10.1. The van der Waals surface area contributed by atoms with E-state index in [9.17, 15) is 22.8 Å². The summed E-state index contributed by atoms with van der Waals surface area (Å²) >= 11 is 0. The number of ether oxygens (including phenoxy) is 1. The fourth-order valence-electron chi connectivity index (χ4n) is 2.83. The number of carbonyl (C=O) groups excluding carboxylic acids is 2. The molecule has 0 unspecified atom stereocenters. The minimum Gasteiger partial charge on any atom is -0.444 e. The zero-order chi connectivity index (χ0) is 20.9. The molecule has 0 atom stereocenters. The Morgan fingerprint density at radius 2 is 1.68 bits per heavy atom. The first-order chi connectivity index (χ1) is 13.0. The smallest absolute Gasteiger partial charge is 0.417 e. The Kier molecular flexibility index (Phi) is 6.92. The fraction of sp³-hybridized carbons (Fsp3) is 0.579. The summed E-state index contributed by atoms with van der Waals surface area (Å²) in [5, 5.41) is 2.54. The predicted octanol–water partition coefficient (Wildman–Crippen LogP) is 2.99. The van der Waals surface area contributed by atoms with Gasteiger partial charge in [-0.25, -0.2) is 4.79 Å². The summed E-state index contributed by atoms with van der Waals surface area (Å²) in [6.45, 7) is 8.34. The van der Waals surface area contributed by atoms with Crippen molar-refractivity contribution in [1.29, 1.82) is 0 Å². The van der Waals surface area contributed by atoms with Crippen LogP contribution in [0.3, 0.4) is 0 Å². The molecule has 1 aliphatic rings. The molecule has 1 N–H and O–H groups in total. The third-order valence-electron chi connectivity index (χ3n) is 4.21. The molecule has 156 valence electrons. The Morgan fingerprint density at radius 1 is 1.07 bits per heavy atom. The Morgan fingerprint density at radius 3 is 2.25 bits per heavy atom. The number of hydrogen-bond acceptors (Lipinski definition) is 4. The van der Waals surface area contributed by atoms with Gasteiger partial charge in [-0.2, -0.15) is 13.2 Å². The van der Waals surface area contributed by atoms with E-state index in [1.165, 1.54) is 12.1 Å². The van der Waals surface area contributed by atoms with Crippen molar-refractivity contribution in [3.8, 4) is 0 Å². The van der Waals surface area contributed by atoms with Crippen molar-refractivity contribution in [1.82, 2.24) is 15.1 Å². The van der Waals surface area contributed by atoms with Crippen LogP contribution in [0.5, 0.6) is 0 Å². The van der Waals surface area contributed by atoms with Crippen molar-refractivity contribution in [2.24, 2.45) is 0 Å². The molecule has 6 nitrogen and oxygen atoms in total. The van der Waals surface area contributed by atoms with Crippen LogP contribution in [0.1, 0.15) is 36.7 Å². The lowest BCUT2D eigenvalue weighted by Crippen LogP contribution is -2.51. The van der Waals surface area contributed by atoms with E-state index in [-0.39, 0.29) is 18.2 Å². The Hall–Kier alpha value is -2.29. The standard InChI is InChI=1S/C19H26F3N3O3/c1-18(2,3)28-17(27)25-12-10-24(11-13-25)9-8-23-16(26)14-6-4-5-7-15(14)19(20,21)22/h4-7H,8-13H2,1-3H3,(H,23,26). The molecule has 1 fully saturated rings. The number of nitrogens with zero attached hydrogens (tertiary/aromatic N) is 2. The van der Waals surface area contributed by atoms with Crippen molar-refractivity contribution >= 4 is 12.0 Å². The van der Waals surface area contributed by atoms with Crippen LogP contribution in [0.15, 0.2) is 24.3 Å². The highest BCUT2D eigenvalue weighted by Crippen LogP contribution is 2.31. The zero-order valence-electron chi connectivity index (χ0n) is 16.3. The van der Waals surface area contributed by atoms with Gasteiger partial charge in [0.15, 0.2) is 0 Å². The molecule has 0 radical (unpaired) electrons. The number of carbonyl (C=O) groups is 2. The summed E-state index contributed by atoms with van der Waals surface area (Å²) in [6, 6.07) is 4.71. The van der Waals surface area contributed by atoms with Crippen LogP contribution in [-0.4, -0.2) is 66.7 Å². The van der Waals surface area contributed by atoms with E-state index in [1.54, 1.807) is 25.7 Å². The van der Waals surface area contributed by atoms with Crippen molar-refractivity contribution in [3.05, 3.63) is 35.4 Å². The number of halogens is 3. The first kappa shape index (κ1) is 22.0. The number of rotatable bonds is 4. The molecule has 1 saturated heterocycles. The molecule has 9 heteroatoms. The Labute approximate surface area is 162 Å². The summed E-state index contributed by atoms with van der Waals surface area (Å²) in [5.41, 5.74) is -1.88. The van der Waals surface area contributed by atoms with Gasteiger partial charge < -0.3 is 15.0 Å². The van der Waals surface area contributed by atoms with Crippen LogP contribution in [0.4, 0.5) is 18.0 Å². The maximum Gasteiger partial charge on any atom is 0.417 e. The molecule has 0 bridgehead atoms. The van der Waals surface area contributed by atoms with Gasteiger partial charge in [0.2, 0.25) is 0 Å². The maximum absolute atomic E-state index is 13.0. The largest absolute Gasteiger partial charge is 0.444 e. The van der Waals surface area contributed by atoms with Gasteiger partial charge in [0, 0.05) is 39.3 Å². The third kappa shape index (κ3) is 6.40. The van der Waals surface area contributed by atoms with Gasteiger partial charge in [0.05, 0.1) is 11.1 Å². The second-order valence-corrected chi connectivity index (χ2v) is 7.61. The van der Waals surface area contributed by atoms with Crippen molar-refractivity contribution in [2.75, 3.05) is 39.3 Å². The van der Waals surface area contributed by atoms with E-state index >= 15 is 0 Å². The maximum atomic E-state index is 13.0. The van der Waals surface area contributed by atoms with Crippen molar-refractivity contribution in [3.63, 3.8) is 0 Å². The normalized spacial score (nSPS) is 16.0. The number of piperazine rings is 1. The molecule has 0 saturated carbocycles. The second kappa shape index (κ2) is 8.81. The number of amides is 2. The van der Waals surface area contributed by atoms with Gasteiger partial charge in [-0.3, -0.25) is 9.69 Å². The first-order valence-corrected chi connectivity index (χ1v) is 9.12. The SMILES string of the molecule is CC(C)(C)OC(=O)N1CCN(CCNC(=O)c2ccccc2C(F)(F)F)CC1. The summed E-state index contributed by atoms with van der Waals surface area (Å²) in [6.07, 6.45) is -4.93. The third-order valence-corrected chi connectivity index (χ3v) is 4.21. The Bertz CT molecular complexity index is 694. The van der Waals surface area contributed by atoms with E-state index in [1.807, 2.05) is 4.90 Å². The molecule has 28 heavy (non-hydrogen) atoms. The minimum atomic E-state index is -4.58. The molecule has 1 heterocycles. The Balaban J connectivity index is 1.78. The first-order valence-electron chi connectivity index (χ1n) is 9.12. The van der Waals surface area contributed by atoms with Gasteiger partial charge in [-0.1, -0.05) is 12.1 Å². The molecule has 1 aliphatic heterocycles. The molecular weight excluding hydrogens is 375 g/mol. The second-order valence-electron chi connectivity index (χ2n) is 7.61. The minimum absolute atomic E-state index is 0.220. The van der Waals surface area contributed by atoms with E-state index in [4.69, 9.17) is 4.74 Å². The van der Waals surface area contributed by atoms with Crippen LogP contribution in [0.2, 0.25) is 0 Å². The number of alkyl halides is 3. The fourth-order valence-corrected chi connectivity index (χ4v) is 2.83. The number of nitrogens with one attached hydrogen (secondary N) is 1. The van der Waals surface area contributed by atoms with Crippen LogP contribution in [0.25, 0.3) is 0 Å². The quantitative estimate of drug-likeness (QED) is 0.843. The summed E-state index contributed by atoms with van der Waals surface area (Å²) < 4.78 is 44.3. The van der Waals surface area contributed by atoms with Crippen LogP contribution >= 0.6 is 0 Å². The average molecular weight is 401 g/mol. The monoisotopic (exact) mass is 401 g/mol. The molecule has 1 aromatic rings. The lowest BCUT2D eigenvalue weighted by molar-refractivity contribution is -0.137. The summed E-state index contributed by atoms with van der Waals surface area (Å²) in [5.74, 6) is -0.750. The highest BCUT2D eigenvalue weighted by Gasteiger charge is 2.34. The van der Waals surface area contributed by atoms with Crippen molar-refractivity contribution in [2.45, 2.75) is 32.5 Å². The molecule has 0 spiro atoms. The van der Waals surface area contributed by atoms with Gasteiger partial charge >= 0.3 is 12.3 Å². The lowest BCUT2D eigenvalue weighted by Gasteiger charge is -2.35. The number of benzene rings is 1. The highest BCUT2D eigenvalue weighted by molar-refractivity contribution is 5.95. The molecule has 0 aromatic heterocycles. The van der Waals surface area contributed by atoms with Crippen LogP contribution in [0, 0.1) is 0 Å².